The van der Waals surface area contributed by atoms with Crippen molar-refractivity contribution in [1.29, 1.82) is 5.26 Å². The molecule has 25 heavy (non-hydrogen) atoms. The first-order chi connectivity index (χ1) is 12.0. The Labute approximate surface area is 143 Å². The van der Waals surface area contributed by atoms with Gasteiger partial charge in [-0.15, -0.1) is 0 Å². The van der Waals surface area contributed by atoms with Crippen LogP contribution in [0.3, 0.4) is 0 Å². The molecular weight excluding hydrogens is 330 g/mol. The first-order valence-electron chi connectivity index (χ1n) is 7.08. The van der Waals surface area contributed by atoms with Crippen LogP contribution in [-0.4, -0.2) is 20.1 Å². The molecule has 2 rings (SSSR count). The Hall–Kier alpha value is -3.40. The summed E-state index contributed by atoms with van der Waals surface area (Å²) in [4.78, 5) is 12.2. The first-order valence-corrected chi connectivity index (χ1v) is 7.08. The molecule has 0 bridgehead atoms. The van der Waals surface area contributed by atoms with Crippen LogP contribution in [-0.2, 0) is 4.79 Å². The summed E-state index contributed by atoms with van der Waals surface area (Å²) in [6.45, 7) is 0. The molecule has 128 valence electrons. The number of amides is 1. The van der Waals surface area contributed by atoms with Gasteiger partial charge in [0.2, 0.25) is 0 Å². The number of anilines is 1. The normalized spacial score (nSPS) is 10.8. The lowest BCUT2D eigenvalue weighted by atomic mass is 10.1. The SMILES string of the molecule is COc1ccc(NC(=O)/C(C#N)=C/c2ccc(F)c(F)c2)cc1OC. The van der Waals surface area contributed by atoms with Gasteiger partial charge < -0.3 is 14.8 Å². The third-order valence-electron chi connectivity index (χ3n) is 3.26. The van der Waals surface area contributed by atoms with E-state index in [4.69, 9.17) is 14.7 Å². The summed E-state index contributed by atoms with van der Waals surface area (Å²) in [5.41, 5.74) is 0.313. The number of carbonyl (C=O) groups excluding carboxylic acids is 1. The molecule has 0 aliphatic heterocycles. The number of methoxy groups -OCH3 is 2. The van der Waals surface area contributed by atoms with Gasteiger partial charge in [-0.3, -0.25) is 4.79 Å². The van der Waals surface area contributed by atoms with E-state index in [1.54, 1.807) is 18.2 Å². The fourth-order valence-corrected chi connectivity index (χ4v) is 2.03. The van der Waals surface area contributed by atoms with E-state index >= 15 is 0 Å². The molecule has 2 aromatic rings. The van der Waals surface area contributed by atoms with Gasteiger partial charge in [0, 0.05) is 11.8 Å². The van der Waals surface area contributed by atoms with Crippen molar-refractivity contribution in [2.24, 2.45) is 0 Å². The highest BCUT2D eigenvalue weighted by Gasteiger charge is 2.12. The third kappa shape index (κ3) is 4.32. The number of hydrogen-bond acceptors (Lipinski definition) is 4. The van der Waals surface area contributed by atoms with Crippen molar-refractivity contribution in [2.75, 3.05) is 19.5 Å². The minimum atomic E-state index is -1.06. The van der Waals surface area contributed by atoms with Crippen LogP contribution >= 0.6 is 0 Å². The lowest BCUT2D eigenvalue weighted by molar-refractivity contribution is -0.112. The standard InChI is InChI=1S/C18H14F2N2O3/c1-24-16-6-4-13(9-17(16)25-2)22-18(23)12(10-21)7-11-3-5-14(19)15(20)8-11/h3-9H,1-2H3,(H,22,23)/b12-7+. The fourth-order valence-electron chi connectivity index (χ4n) is 2.03. The summed E-state index contributed by atoms with van der Waals surface area (Å²) in [5, 5.41) is 11.7. The van der Waals surface area contributed by atoms with E-state index in [2.05, 4.69) is 5.32 Å². The summed E-state index contributed by atoms with van der Waals surface area (Å²) in [6.07, 6.45) is 1.17. The van der Waals surface area contributed by atoms with Gasteiger partial charge in [-0.25, -0.2) is 8.78 Å². The van der Waals surface area contributed by atoms with Gasteiger partial charge in [0.25, 0.3) is 5.91 Å². The fraction of sp³-hybridized carbons (Fsp3) is 0.111. The first kappa shape index (κ1) is 17.9. The zero-order chi connectivity index (χ0) is 18.4. The maximum atomic E-state index is 13.2. The minimum Gasteiger partial charge on any atom is -0.493 e. The third-order valence-corrected chi connectivity index (χ3v) is 3.26. The number of hydrogen-bond donors (Lipinski definition) is 1. The minimum absolute atomic E-state index is 0.193. The number of nitriles is 1. The predicted molar refractivity (Wildman–Crippen MR) is 88.1 cm³/mol. The Morgan fingerprint density at radius 2 is 1.80 bits per heavy atom. The molecule has 2 aromatic carbocycles. The summed E-state index contributed by atoms with van der Waals surface area (Å²) in [6, 6.07) is 9.52. The molecule has 0 radical (unpaired) electrons. The zero-order valence-corrected chi connectivity index (χ0v) is 13.5. The van der Waals surface area contributed by atoms with E-state index in [0.717, 1.165) is 12.1 Å². The van der Waals surface area contributed by atoms with Crippen LogP contribution in [0.4, 0.5) is 14.5 Å². The number of carbonyl (C=O) groups is 1. The van der Waals surface area contributed by atoms with E-state index in [1.165, 1.54) is 32.4 Å². The quantitative estimate of drug-likeness (QED) is 0.665. The monoisotopic (exact) mass is 344 g/mol. The van der Waals surface area contributed by atoms with Crippen LogP contribution in [0.5, 0.6) is 11.5 Å². The smallest absolute Gasteiger partial charge is 0.266 e. The number of rotatable bonds is 5. The van der Waals surface area contributed by atoms with Crippen LogP contribution in [0.2, 0.25) is 0 Å². The molecule has 0 spiro atoms. The van der Waals surface area contributed by atoms with E-state index in [-0.39, 0.29) is 11.1 Å². The van der Waals surface area contributed by atoms with E-state index in [0.29, 0.717) is 17.2 Å². The Kier molecular flexibility index (Phi) is 5.69. The summed E-state index contributed by atoms with van der Waals surface area (Å²) in [5.74, 6) is -1.88. The molecule has 0 fully saturated rings. The van der Waals surface area contributed by atoms with E-state index in [9.17, 15) is 13.6 Å². The molecule has 0 aliphatic rings. The van der Waals surface area contributed by atoms with Gasteiger partial charge in [-0.1, -0.05) is 6.07 Å². The second-order valence-corrected chi connectivity index (χ2v) is 4.87. The topological polar surface area (TPSA) is 71.3 Å². The van der Waals surface area contributed by atoms with Crippen molar-refractivity contribution in [3.8, 4) is 17.6 Å². The van der Waals surface area contributed by atoms with Crippen LogP contribution < -0.4 is 14.8 Å². The van der Waals surface area contributed by atoms with Crippen LogP contribution in [0, 0.1) is 23.0 Å². The van der Waals surface area contributed by atoms with Gasteiger partial charge in [0.15, 0.2) is 23.1 Å². The van der Waals surface area contributed by atoms with Crippen LogP contribution in [0.1, 0.15) is 5.56 Å². The van der Waals surface area contributed by atoms with Crippen molar-refractivity contribution < 1.29 is 23.0 Å². The molecule has 0 aromatic heterocycles. The molecule has 0 saturated heterocycles. The van der Waals surface area contributed by atoms with E-state index in [1.807, 2.05) is 0 Å². The molecule has 1 N–H and O–H groups in total. The van der Waals surface area contributed by atoms with Gasteiger partial charge >= 0.3 is 0 Å². The number of nitrogens with zero attached hydrogens (tertiary/aromatic N) is 1. The highest BCUT2D eigenvalue weighted by atomic mass is 19.2. The molecule has 0 atom stereocenters. The summed E-state index contributed by atoms with van der Waals surface area (Å²) in [7, 11) is 2.93. The maximum Gasteiger partial charge on any atom is 0.266 e. The molecule has 0 heterocycles. The number of ether oxygens (including phenoxy) is 2. The van der Waals surface area contributed by atoms with Crippen molar-refractivity contribution in [2.45, 2.75) is 0 Å². The molecule has 0 aliphatic carbocycles. The molecule has 5 nitrogen and oxygen atoms in total. The lowest BCUT2D eigenvalue weighted by Gasteiger charge is -2.10. The van der Waals surface area contributed by atoms with Gasteiger partial charge in [-0.2, -0.15) is 5.26 Å². The molecular formula is C18H14F2N2O3. The Balaban J connectivity index is 2.24. The molecule has 0 unspecified atom stereocenters. The second kappa shape index (κ2) is 7.93. The number of benzene rings is 2. The number of halogens is 2. The van der Waals surface area contributed by atoms with Crippen molar-refractivity contribution >= 4 is 17.7 Å². The Morgan fingerprint density at radius 1 is 1.08 bits per heavy atom. The summed E-state index contributed by atoms with van der Waals surface area (Å²) >= 11 is 0. The maximum absolute atomic E-state index is 13.2. The molecule has 7 heteroatoms. The van der Waals surface area contributed by atoms with Crippen molar-refractivity contribution in [3.63, 3.8) is 0 Å². The van der Waals surface area contributed by atoms with Crippen molar-refractivity contribution in [1.82, 2.24) is 0 Å². The van der Waals surface area contributed by atoms with Crippen molar-refractivity contribution in [3.05, 3.63) is 59.2 Å². The van der Waals surface area contributed by atoms with Crippen LogP contribution in [0.25, 0.3) is 6.08 Å². The zero-order valence-electron chi connectivity index (χ0n) is 13.5. The Bertz CT molecular complexity index is 873. The average molecular weight is 344 g/mol. The summed E-state index contributed by atoms with van der Waals surface area (Å²) < 4.78 is 36.4. The highest BCUT2D eigenvalue weighted by Crippen LogP contribution is 2.29. The molecule has 0 saturated carbocycles. The second-order valence-electron chi connectivity index (χ2n) is 4.87. The predicted octanol–water partition coefficient (Wildman–Crippen LogP) is 3.53. The average Bonchev–Trinajstić information content (AvgIpc) is 2.62. The van der Waals surface area contributed by atoms with Gasteiger partial charge in [0.1, 0.15) is 11.6 Å². The highest BCUT2D eigenvalue weighted by molar-refractivity contribution is 6.09. The van der Waals surface area contributed by atoms with Gasteiger partial charge in [-0.05, 0) is 35.9 Å². The largest absolute Gasteiger partial charge is 0.493 e. The Morgan fingerprint density at radius 3 is 2.40 bits per heavy atom. The lowest BCUT2D eigenvalue weighted by Crippen LogP contribution is -2.13. The van der Waals surface area contributed by atoms with Gasteiger partial charge in [0.05, 0.1) is 14.2 Å². The van der Waals surface area contributed by atoms with E-state index < -0.39 is 17.5 Å². The molecule has 1 amide bonds. The van der Waals surface area contributed by atoms with Crippen LogP contribution in [0.15, 0.2) is 42.0 Å². The number of nitrogens with one attached hydrogen (secondary N) is 1.